The molecule has 39 heavy (non-hydrogen) atoms. The highest BCUT2D eigenvalue weighted by atomic mass is 32.1. The number of rotatable bonds is 6. The van der Waals surface area contributed by atoms with Gasteiger partial charge < -0.3 is 4.90 Å². The molecular formula is C28H26F2N8S. The van der Waals surface area contributed by atoms with Crippen LogP contribution in [0.15, 0.2) is 54.9 Å². The number of aromatic nitrogens is 5. The van der Waals surface area contributed by atoms with E-state index in [1.165, 1.54) is 35.6 Å². The van der Waals surface area contributed by atoms with Crippen molar-refractivity contribution in [3.63, 3.8) is 0 Å². The molecule has 0 radical (unpaired) electrons. The van der Waals surface area contributed by atoms with Crippen molar-refractivity contribution >= 4 is 33.3 Å². The van der Waals surface area contributed by atoms with Gasteiger partial charge in [0.15, 0.2) is 5.82 Å². The van der Waals surface area contributed by atoms with Crippen LogP contribution in [0.25, 0.3) is 16.1 Å². The van der Waals surface area contributed by atoms with Crippen LogP contribution in [0.1, 0.15) is 42.4 Å². The van der Waals surface area contributed by atoms with E-state index in [1.54, 1.807) is 30.6 Å². The average Bonchev–Trinajstić information content (AvgIpc) is 3.58. The lowest BCUT2D eigenvalue weighted by Gasteiger charge is -2.48. The van der Waals surface area contributed by atoms with Gasteiger partial charge in [-0.05, 0) is 49.2 Å². The molecule has 0 bridgehead atoms. The van der Waals surface area contributed by atoms with Gasteiger partial charge in [-0.15, -0.1) is 10.2 Å². The number of hydrogen-bond acceptors (Lipinski definition) is 8. The summed E-state index contributed by atoms with van der Waals surface area (Å²) in [4.78, 5) is 15.3. The largest absolute Gasteiger partial charge is 0.349 e. The molecule has 4 heterocycles. The zero-order valence-corrected chi connectivity index (χ0v) is 22.3. The van der Waals surface area contributed by atoms with Crippen LogP contribution in [0.3, 0.4) is 0 Å². The first-order valence-electron chi connectivity index (χ1n) is 12.8. The maximum atomic E-state index is 13.8. The van der Waals surface area contributed by atoms with Crippen molar-refractivity contribution < 1.29 is 8.78 Å². The molecule has 11 heteroatoms. The lowest BCUT2D eigenvalue weighted by atomic mass is 9.93. The second-order valence-electron chi connectivity index (χ2n) is 9.91. The van der Waals surface area contributed by atoms with E-state index in [1.807, 2.05) is 4.40 Å². The molecule has 0 amide bonds. The maximum absolute atomic E-state index is 13.8. The SMILES string of the molecule is C[C@@H]1CN(c2nc3nncn3c3sc(CCC#N)nc23)[C@@H](C)CN1C(c1ccc(F)cc1)c1ccc(F)cc1. The van der Waals surface area contributed by atoms with Crippen LogP contribution in [-0.2, 0) is 6.42 Å². The number of aryl methyl sites for hydroxylation is 1. The normalized spacial score (nSPS) is 18.3. The molecule has 1 aliphatic heterocycles. The number of benzene rings is 2. The Kier molecular flexibility index (Phi) is 6.66. The van der Waals surface area contributed by atoms with Gasteiger partial charge in [0.25, 0.3) is 5.78 Å². The third-order valence-corrected chi connectivity index (χ3v) is 8.39. The van der Waals surface area contributed by atoms with Crippen molar-refractivity contribution in [3.05, 3.63) is 82.6 Å². The van der Waals surface area contributed by atoms with Crippen LogP contribution in [0.2, 0.25) is 0 Å². The number of anilines is 1. The van der Waals surface area contributed by atoms with Crippen LogP contribution in [-0.4, -0.2) is 54.6 Å². The molecule has 0 saturated carbocycles. The molecule has 6 rings (SSSR count). The number of thiazole rings is 1. The summed E-state index contributed by atoms with van der Waals surface area (Å²) >= 11 is 1.54. The summed E-state index contributed by atoms with van der Waals surface area (Å²) in [5.41, 5.74) is 2.67. The second-order valence-corrected chi connectivity index (χ2v) is 11.0. The quantitative estimate of drug-likeness (QED) is 0.292. The summed E-state index contributed by atoms with van der Waals surface area (Å²) in [5, 5.41) is 18.2. The van der Waals surface area contributed by atoms with Crippen molar-refractivity contribution in [3.8, 4) is 6.07 Å². The molecule has 1 fully saturated rings. The first-order valence-corrected chi connectivity index (χ1v) is 13.6. The van der Waals surface area contributed by atoms with E-state index in [0.29, 0.717) is 31.7 Å². The van der Waals surface area contributed by atoms with E-state index in [9.17, 15) is 8.78 Å². The zero-order chi connectivity index (χ0) is 27.1. The van der Waals surface area contributed by atoms with Crippen LogP contribution in [0.4, 0.5) is 14.6 Å². The molecule has 0 unspecified atom stereocenters. The topological polar surface area (TPSA) is 86.2 Å². The highest BCUT2D eigenvalue weighted by Crippen LogP contribution is 2.37. The number of nitrogens with zero attached hydrogens (tertiary/aromatic N) is 8. The smallest absolute Gasteiger partial charge is 0.258 e. The van der Waals surface area contributed by atoms with Crippen LogP contribution in [0.5, 0.6) is 0 Å². The maximum Gasteiger partial charge on any atom is 0.258 e. The van der Waals surface area contributed by atoms with Crippen molar-refractivity contribution in [1.29, 1.82) is 5.26 Å². The van der Waals surface area contributed by atoms with Gasteiger partial charge in [-0.25, -0.2) is 13.8 Å². The first kappa shape index (κ1) is 25.3. The molecule has 2 aromatic carbocycles. The summed E-state index contributed by atoms with van der Waals surface area (Å²) in [7, 11) is 0. The van der Waals surface area contributed by atoms with Gasteiger partial charge in [0, 0.05) is 38.0 Å². The lowest BCUT2D eigenvalue weighted by Crippen LogP contribution is -2.57. The Labute approximate surface area is 228 Å². The molecule has 1 aliphatic rings. The number of hydrogen-bond donors (Lipinski definition) is 0. The minimum Gasteiger partial charge on any atom is -0.349 e. The molecule has 0 aliphatic carbocycles. The fraction of sp³-hybridized carbons (Fsp3) is 0.321. The molecule has 2 atom stereocenters. The van der Waals surface area contributed by atoms with Gasteiger partial charge >= 0.3 is 0 Å². The van der Waals surface area contributed by atoms with Crippen LogP contribution < -0.4 is 4.90 Å². The van der Waals surface area contributed by atoms with Crippen molar-refractivity contribution in [1.82, 2.24) is 29.5 Å². The van der Waals surface area contributed by atoms with Crippen molar-refractivity contribution in [2.75, 3.05) is 18.0 Å². The third-order valence-electron chi connectivity index (χ3n) is 7.28. The van der Waals surface area contributed by atoms with E-state index in [2.05, 4.69) is 39.9 Å². The van der Waals surface area contributed by atoms with Gasteiger partial charge in [-0.1, -0.05) is 35.6 Å². The zero-order valence-electron chi connectivity index (χ0n) is 21.5. The van der Waals surface area contributed by atoms with Crippen LogP contribution >= 0.6 is 11.3 Å². The molecule has 3 aromatic heterocycles. The molecule has 0 spiro atoms. The van der Waals surface area contributed by atoms with Gasteiger partial charge in [-0.2, -0.15) is 10.2 Å². The van der Waals surface area contributed by atoms with Crippen molar-refractivity contribution in [2.45, 2.75) is 44.8 Å². The van der Waals surface area contributed by atoms with E-state index in [-0.39, 0.29) is 29.8 Å². The number of halogens is 2. The monoisotopic (exact) mass is 544 g/mol. The Balaban J connectivity index is 1.38. The molecular weight excluding hydrogens is 518 g/mol. The Morgan fingerprint density at radius 1 is 0.974 bits per heavy atom. The average molecular weight is 545 g/mol. The summed E-state index contributed by atoms with van der Waals surface area (Å²) in [6.45, 7) is 5.66. The van der Waals surface area contributed by atoms with Gasteiger partial charge in [0.1, 0.15) is 28.3 Å². The molecule has 8 nitrogen and oxygen atoms in total. The van der Waals surface area contributed by atoms with Crippen LogP contribution in [0, 0.1) is 23.0 Å². The summed E-state index contributed by atoms with van der Waals surface area (Å²) in [6.07, 6.45) is 2.62. The van der Waals surface area contributed by atoms with E-state index < -0.39 is 0 Å². The second kappa shape index (κ2) is 10.3. The summed E-state index contributed by atoms with van der Waals surface area (Å²) in [6, 6.07) is 15.2. The van der Waals surface area contributed by atoms with E-state index in [4.69, 9.17) is 15.2 Å². The minimum atomic E-state index is -0.292. The van der Waals surface area contributed by atoms with Gasteiger partial charge in [0.05, 0.1) is 17.1 Å². The van der Waals surface area contributed by atoms with Crippen molar-refractivity contribution in [2.24, 2.45) is 0 Å². The van der Waals surface area contributed by atoms with Gasteiger partial charge in [-0.3, -0.25) is 9.30 Å². The third kappa shape index (κ3) is 4.70. The number of fused-ring (bicyclic) bond motifs is 3. The fourth-order valence-corrected chi connectivity index (χ4v) is 6.43. The Morgan fingerprint density at radius 2 is 1.64 bits per heavy atom. The molecule has 0 N–H and O–H groups in total. The predicted molar refractivity (Wildman–Crippen MR) is 146 cm³/mol. The first-order chi connectivity index (χ1) is 18.9. The molecule has 5 aromatic rings. The molecule has 198 valence electrons. The Hall–Kier alpha value is -4.01. The number of nitriles is 1. The Bertz CT molecular complexity index is 1610. The Morgan fingerprint density at radius 3 is 2.28 bits per heavy atom. The predicted octanol–water partition coefficient (Wildman–Crippen LogP) is 5.16. The highest BCUT2D eigenvalue weighted by Gasteiger charge is 2.36. The summed E-state index contributed by atoms with van der Waals surface area (Å²) in [5.74, 6) is 0.674. The summed E-state index contributed by atoms with van der Waals surface area (Å²) < 4.78 is 29.4. The standard InChI is InChI=1S/C28H26F2N8S/c1-17-15-37(26-24-27(38-16-32-35-28(38)34-26)39-23(33-24)4-3-13-31)18(2)14-36(17)25(19-5-9-21(29)10-6-19)20-7-11-22(30)12-8-20/h5-12,16-18,25H,3-4,14-15H2,1-2H3/t17-,18+/m1/s1. The minimum absolute atomic E-state index is 0.0509. The van der Waals surface area contributed by atoms with E-state index in [0.717, 1.165) is 32.3 Å². The highest BCUT2D eigenvalue weighted by molar-refractivity contribution is 7.18. The lowest BCUT2D eigenvalue weighted by molar-refractivity contribution is 0.129. The van der Waals surface area contributed by atoms with E-state index >= 15 is 0 Å². The fourth-order valence-electron chi connectivity index (χ4n) is 5.40. The molecule has 1 saturated heterocycles. The number of piperazine rings is 1. The van der Waals surface area contributed by atoms with Gasteiger partial charge in [0.2, 0.25) is 0 Å².